The minimum atomic E-state index is -0.708. The average molecular weight is 450 g/mol. The fourth-order valence-corrected chi connectivity index (χ4v) is 5.32. The predicted molar refractivity (Wildman–Crippen MR) is 129 cm³/mol. The van der Waals surface area contributed by atoms with E-state index in [1.54, 1.807) is 23.1 Å². The topological polar surface area (TPSA) is 125 Å². The Labute approximate surface area is 189 Å². The maximum Gasteiger partial charge on any atom is 0.165 e. The van der Waals surface area contributed by atoms with Crippen molar-refractivity contribution in [1.82, 2.24) is 24.6 Å². The van der Waals surface area contributed by atoms with Crippen molar-refractivity contribution < 1.29 is 4.21 Å². The van der Waals surface area contributed by atoms with Crippen LogP contribution >= 0.6 is 0 Å². The van der Waals surface area contributed by atoms with Crippen LogP contribution in [-0.4, -0.2) is 47.3 Å². The smallest absolute Gasteiger partial charge is 0.165 e. The largest absolute Gasteiger partial charge is 0.383 e. The Balaban J connectivity index is 0.00000119. The summed E-state index contributed by atoms with van der Waals surface area (Å²) in [6.45, 7) is 1.99. The standard InChI is InChI=1S/C22H22N6OS.CH5N/c1-14-20(15-6-9-30(29)10-7-15)27-22-18(13-26-28(22)21(14)23)16-4-5-19(25-12-16)17-3-2-8-24-11-17;1-2/h2-5,8,11-13,15H,6-7,9-10,23H2,1H3;2H2,1H3. The lowest BCUT2D eigenvalue weighted by Crippen LogP contribution is -2.20. The molecule has 32 heavy (non-hydrogen) atoms. The summed E-state index contributed by atoms with van der Waals surface area (Å²) in [6, 6.07) is 7.88. The molecule has 4 aromatic rings. The zero-order chi connectivity index (χ0) is 22.7. The van der Waals surface area contributed by atoms with Gasteiger partial charge in [-0.2, -0.15) is 9.61 Å². The first-order valence-electron chi connectivity index (χ1n) is 10.5. The fraction of sp³-hybridized carbons (Fsp3) is 0.304. The van der Waals surface area contributed by atoms with Crippen LogP contribution in [0.15, 0.2) is 49.1 Å². The third kappa shape index (κ3) is 4.13. The molecule has 4 aromatic heterocycles. The van der Waals surface area contributed by atoms with Crippen molar-refractivity contribution in [3.8, 4) is 22.4 Å². The molecular weight excluding hydrogens is 422 g/mol. The molecule has 5 heterocycles. The molecule has 0 atom stereocenters. The van der Waals surface area contributed by atoms with Gasteiger partial charge in [0.1, 0.15) is 5.82 Å². The Bertz CT molecular complexity index is 1230. The Morgan fingerprint density at radius 3 is 2.50 bits per heavy atom. The third-order valence-corrected chi connectivity index (χ3v) is 7.16. The van der Waals surface area contributed by atoms with Crippen LogP contribution in [0, 0.1) is 6.92 Å². The van der Waals surface area contributed by atoms with Crippen LogP contribution in [0.5, 0.6) is 0 Å². The number of nitrogen functional groups attached to an aromatic ring is 1. The predicted octanol–water partition coefficient (Wildman–Crippen LogP) is 2.94. The Morgan fingerprint density at radius 1 is 1.06 bits per heavy atom. The monoisotopic (exact) mass is 449 g/mol. The minimum absolute atomic E-state index is 0.281. The van der Waals surface area contributed by atoms with Crippen LogP contribution in [0.1, 0.15) is 30.0 Å². The highest BCUT2D eigenvalue weighted by Crippen LogP contribution is 2.34. The van der Waals surface area contributed by atoms with E-state index in [4.69, 9.17) is 10.7 Å². The van der Waals surface area contributed by atoms with Crippen LogP contribution in [-0.2, 0) is 10.8 Å². The summed E-state index contributed by atoms with van der Waals surface area (Å²) in [5.41, 5.74) is 17.3. The highest BCUT2D eigenvalue weighted by Gasteiger charge is 2.25. The number of pyridine rings is 2. The summed E-state index contributed by atoms with van der Waals surface area (Å²) in [5, 5.41) is 4.48. The molecule has 0 amide bonds. The number of aromatic nitrogens is 5. The van der Waals surface area contributed by atoms with Crippen LogP contribution in [0.25, 0.3) is 28.0 Å². The quantitative estimate of drug-likeness (QED) is 0.492. The number of hydrogen-bond acceptors (Lipinski definition) is 7. The summed E-state index contributed by atoms with van der Waals surface area (Å²) in [6.07, 6.45) is 8.92. The van der Waals surface area contributed by atoms with Gasteiger partial charge in [0.25, 0.3) is 0 Å². The second-order valence-electron chi connectivity index (χ2n) is 7.60. The van der Waals surface area contributed by atoms with Crippen molar-refractivity contribution >= 4 is 22.3 Å². The Kier molecular flexibility index (Phi) is 6.57. The zero-order valence-corrected chi connectivity index (χ0v) is 19.0. The lowest BCUT2D eigenvalue weighted by atomic mass is 9.95. The van der Waals surface area contributed by atoms with Crippen molar-refractivity contribution in [2.24, 2.45) is 5.73 Å². The van der Waals surface area contributed by atoms with Gasteiger partial charge < -0.3 is 11.5 Å². The zero-order valence-electron chi connectivity index (χ0n) is 18.2. The summed E-state index contributed by atoms with van der Waals surface area (Å²) >= 11 is 0. The van der Waals surface area contributed by atoms with Crippen molar-refractivity contribution in [3.63, 3.8) is 0 Å². The fourth-order valence-electron chi connectivity index (χ4n) is 4.02. The molecule has 0 aliphatic carbocycles. The van der Waals surface area contributed by atoms with Gasteiger partial charge in [-0.15, -0.1) is 0 Å². The van der Waals surface area contributed by atoms with Crippen LogP contribution in [0.3, 0.4) is 0 Å². The molecule has 0 radical (unpaired) electrons. The molecule has 1 aliphatic heterocycles. The van der Waals surface area contributed by atoms with E-state index in [2.05, 4.69) is 20.8 Å². The van der Waals surface area contributed by atoms with Crippen molar-refractivity contribution in [2.45, 2.75) is 25.7 Å². The van der Waals surface area contributed by atoms with E-state index in [0.717, 1.165) is 63.6 Å². The number of anilines is 1. The normalized spacial score (nSPS) is 18.2. The number of nitrogens with zero attached hydrogens (tertiary/aromatic N) is 5. The average Bonchev–Trinajstić information content (AvgIpc) is 3.28. The van der Waals surface area contributed by atoms with E-state index >= 15 is 0 Å². The summed E-state index contributed by atoms with van der Waals surface area (Å²) in [5.74, 6) is 2.34. The molecule has 1 aliphatic rings. The third-order valence-electron chi connectivity index (χ3n) is 5.77. The van der Waals surface area contributed by atoms with Gasteiger partial charge in [0, 0.05) is 69.1 Å². The minimum Gasteiger partial charge on any atom is -0.383 e. The SMILES string of the molecule is CN.Cc1c(C2CCS(=O)CC2)nc2c(-c3ccc(-c4cccnc4)nc3)cnn2c1N. The van der Waals surface area contributed by atoms with Gasteiger partial charge in [-0.1, -0.05) is 6.07 Å². The molecule has 9 heteroatoms. The number of fused-ring (bicyclic) bond motifs is 1. The van der Waals surface area contributed by atoms with E-state index in [1.807, 2.05) is 37.4 Å². The van der Waals surface area contributed by atoms with Crippen LogP contribution < -0.4 is 11.5 Å². The second kappa shape index (κ2) is 9.54. The molecule has 1 saturated heterocycles. The second-order valence-corrected chi connectivity index (χ2v) is 9.29. The van der Waals surface area contributed by atoms with Crippen molar-refractivity contribution in [3.05, 3.63) is 60.3 Å². The first-order valence-corrected chi connectivity index (χ1v) is 12.0. The first-order chi connectivity index (χ1) is 15.6. The van der Waals surface area contributed by atoms with Gasteiger partial charge in [0.15, 0.2) is 5.65 Å². The molecule has 5 rings (SSSR count). The molecule has 0 spiro atoms. The van der Waals surface area contributed by atoms with Gasteiger partial charge in [-0.05, 0) is 45.0 Å². The molecule has 1 fully saturated rings. The lowest BCUT2D eigenvalue weighted by Gasteiger charge is -2.23. The Hall–Kier alpha value is -3.17. The van der Waals surface area contributed by atoms with E-state index in [0.29, 0.717) is 5.82 Å². The van der Waals surface area contributed by atoms with Crippen molar-refractivity contribution in [2.75, 3.05) is 24.3 Å². The van der Waals surface area contributed by atoms with E-state index in [9.17, 15) is 4.21 Å². The van der Waals surface area contributed by atoms with Gasteiger partial charge >= 0.3 is 0 Å². The molecule has 0 bridgehead atoms. The van der Waals surface area contributed by atoms with E-state index < -0.39 is 10.8 Å². The molecule has 166 valence electrons. The molecule has 4 N–H and O–H groups in total. The number of hydrogen-bond donors (Lipinski definition) is 2. The Morgan fingerprint density at radius 2 is 1.84 bits per heavy atom. The number of nitrogens with two attached hydrogens (primary N) is 2. The van der Waals surface area contributed by atoms with Crippen LogP contribution in [0.2, 0.25) is 0 Å². The van der Waals surface area contributed by atoms with Gasteiger partial charge in [0.05, 0.1) is 17.6 Å². The maximum atomic E-state index is 11.8. The highest BCUT2D eigenvalue weighted by atomic mass is 32.2. The molecule has 8 nitrogen and oxygen atoms in total. The summed E-state index contributed by atoms with van der Waals surface area (Å²) < 4.78 is 13.5. The molecule has 0 aromatic carbocycles. The molecule has 0 saturated carbocycles. The molecular formula is C23H27N7OS. The first kappa shape index (κ1) is 22.0. The van der Waals surface area contributed by atoms with E-state index in [-0.39, 0.29) is 5.92 Å². The van der Waals surface area contributed by atoms with Gasteiger partial charge in [-0.3, -0.25) is 14.2 Å². The summed E-state index contributed by atoms with van der Waals surface area (Å²) in [7, 11) is 0.792. The van der Waals surface area contributed by atoms with Crippen LogP contribution in [0.4, 0.5) is 5.82 Å². The van der Waals surface area contributed by atoms with Gasteiger partial charge in [0.2, 0.25) is 0 Å². The lowest BCUT2D eigenvalue weighted by molar-refractivity contribution is 0.590. The summed E-state index contributed by atoms with van der Waals surface area (Å²) in [4.78, 5) is 13.7. The van der Waals surface area contributed by atoms with Crippen molar-refractivity contribution in [1.29, 1.82) is 0 Å². The molecule has 0 unspecified atom stereocenters. The maximum absolute atomic E-state index is 11.8. The van der Waals surface area contributed by atoms with Gasteiger partial charge in [-0.25, -0.2) is 4.98 Å². The highest BCUT2D eigenvalue weighted by molar-refractivity contribution is 7.85. The van der Waals surface area contributed by atoms with E-state index in [1.165, 1.54) is 7.05 Å². The number of rotatable bonds is 3.